The van der Waals surface area contributed by atoms with Crippen molar-refractivity contribution in [2.75, 3.05) is 21.3 Å². The van der Waals surface area contributed by atoms with Gasteiger partial charge in [-0.1, -0.05) is 0 Å². The van der Waals surface area contributed by atoms with Crippen molar-refractivity contribution in [1.82, 2.24) is 5.32 Å². The standard InChI is InChI=1S/C12H17F2NO2/c1-12(15-2,11(13)14)9-6-5-8(16-3)7-10(9)17-4/h5-7,11,15H,1-4H3. The van der Waals surface area contributed by atoms with E-state index in [1.54, 1.807) is 18.2 Å². The van der Waals surface area contributed by atoms with Crippen LogP contribution in [0.2, 0.25) is 0 Å². The van der Waals surface area contributed by atoms with Crippen LogP contribution in [0.15, 0.2) is 18.2 Å². The molecule has 17 heavy (non-hydrogen) atoms. The zero-order valence-corrected chi connectivity index (χ0v) is 10.4. The first kappa shape index (κ1) is 13.7. The monoisotopic (exact) mass is 245 g/mol. The van der Waals surface area contributed by atoms with E-state index in [9.17, 15) is 8.78 Å². The normalized spacial score (nSPS) is 14.5. The lowest BCUT2D eigenvalue weighted by Crippen LogP contribution is -2.43. The van der Waals surface area contributed by atoms with Gasteiger partial charge in [0.1, 0.15) is 17.0 Å². The maximum Gasteiger partial charge on any atom is 0.260 e. The molecule has 5 heteroatoms. The molecule has 1 aromatic rings. The third-order valence-electron chi connectivity index (χ3n) is 2.92. The summed E-state index contributed by atoms with van der Waals surface area (Å²) >= 11 is 0. The fraction of sp³-hybridized carbons (Fsp3) is 0.500. The molecule has 0 heterocycles. The highest BCUT2D eigenvalue weighted by atomic mass is 19.3. The molecule has 0 amide bonds. The van der Waals surface area contributed by atoms with Gasteiger partial charge in [0, 0.05) is 11.6 Å². The molecule has 1 atom stereocenters. The minimum Gasteiger partial charge on any atom is -0.497 e. The van der Waals surface area contributed by atoms with Crippen LogP contribution in [-0.4, -0.2) is 27.7 Å². The van der Waals surface area contributed by atoms with E-state index in [0.717, 1.165) is 0 Å². The molecule has 0 saturated carbocycles. The van der Waals surface area contributed by atoms with Crippen molar-refractivity contribution in [3.05, 3.63) is 23.8 Å². The molecule has 3 nitrogen and oxygen atoms in total. The molecule has 0 aliphatic heterocycles. The van der Waals surface area contributed by atoms with Crippen LogP contribution in [0.1, 0.15) is 12.5 Å². The van der Waals surface area contributed by atoms with Gasteiger partial charge >= 0.3 is 0 Å². The van der Waals surface area contributed by atoms with Gasteiger partial charge in [-0.25, -0.2) is 8.78 Å². The lowest BCUT2D eigenvalue weighted by atomic mass is 9.91. The Hall–Kier alpha value is -1.36. The Morgan fingerprint density at radius 1 is 1.24 bits per heavy atom. The summed E-state index contributed by atoms with van der Waals surface area (Å²) in [6.07, 6.45) is -2.55. The van der Waals surface area contributed by atoms with Crippen molar-refractivity contribution in [3.8, 4) is 11.5 Å². The van der Waals surface area contributed by atoms with E-state index in [0.29, 0.717) is 17.1 Å². The van der Waals surface area contributed by atoms with E-state index in [4.69, 9.17) is 9.47 Å². The molecule has 1 rings (SSSR count). The number of alkyl halides is 2. The van der Waals surface area contributed by atoms with E-state index >= 15 is 0 Å². The molecule has 0 aliphatic rings. The minimum absolute atomic E-state index is 0.376. The Bertz CT molecular complexity index is 385. The number of methoxy groups -OCH3 is 2. The third kappa shape index (κ3) is 2.49. The van der Waals surface area contributed by atoms with Crippen molar-refractivity contribution in [2.45, 2.75) is 18.9 Å². The first-order valence-corrected chi connectivity index (χ1v) is 5.19. The van der Waals surface area contributed by atoms with Crippen molar-refractivity contribution in [2.24, 2.45) is 0 Å². The number of benzene rings is 1. The van der Waals surface area contributed by atoms with Gasteiger partial charge in [-0.05, 0) is 26.1 Å². The van der Waals surface area contributed by atoms with Crippen LogP contribution < -0.4 is 14.8 Å². The second-order valence-electron chi connectivity index (χ2n) is 3.82. The van der Waals surface area contributed by atoms with E-state index < -0.39 is 12.0 Å². The molecule has 0 fully saturated rings. The van der Waals surface area contributed by atoms with Gasteiger partial charge in [0.25, 0.3) is 6.43 Å². The Kier molecular flexibility index (Phi) is 4.28. The van der Waals surface area contributed by atoms with Crippen molar-refractivity contribution >= 4 is 0 Å². The van der Waals surface area contributed by atoms with Crippen LogP contribution in [0.25, 0.3) is 0 Å². The predicted molar refractivity (Wildman–Crippen MR) is 62.0 cm³/mol. The molecule has 0 aliphatic carbocycles. The lowest BCUT2D eigenvalue weighted by molar-refractivity contribution is 0.0417. The fourth-order valence-electron chi connectivity index (χ4n) is 1.59. The van der Waals surface area contributed by atoms with E-state index in [-0.39, 0.29) is 0 Å². The zero-order chi connectivity index (χ0) is 13.1. The van der Waals surface area contributed by atoms with Gasteiger partial charge in [0.05, 0.1) is 14.2 Å². The highest BCUT2D eigenvalue weighted by Gasteiger charge is 2.37. The highest BCUT2D eigenvalue weighted by Crippen LogP contribution is 2.36. The summed E-state index contributed by atoms with van der Waals surface area (Å²) in [5.74, 6) is 0.944. The molecule has 0 aromatic heterocycles. The second kappa shape index (κ2) is 5.31. The summed E-state index contributed by atoms with van der Waals surface area (Å²) in [5.41, 5.74) is -1.05. The third-order valence-corrected chi connectivity index (χ3v) is 2.92. The second-order valence-corrected chi connectivity index (χ2v) is 3.82. The number of ether oxygens (including phenoxy) is 2. The topological polar surface area (TPSA) is 30.5 Å². The van der Waals surface area contributed by atoms with Crippen LogP contribution in [0.5, 0.6) is 11.5 Å². The largest absolute Gasteiger partial charge is 0.497 e. The summed E-state index contributed by atoms with van der Waals surface area (Å²) in [4.78, 5) is 0. The zero-order valence-electron chi connectivity index (χ0n) is 10.4. The molecule has 0 saturated heterocycles. The summed E-state index contributed by atoms with van der Waals surface area (Å²) in [5, 5.41) is 2.64. The maximum absolute atomic E-state index is 13.1. The average Bonchev–Trinajstić information content (AvgIpc) is 2.36. The maximum atomic E-state index is 13.1. The van der Waals surface area contributed by atoms with Crippen LogP contribution in [0.3, 0.4) is 0 Å². The lowest BCUT2D eigenvalue weighted by Gasteiger charge is -2.30. The van der Waals surface area contributed by atoms with Gasteiger partial charge in [-0.15, -0.1) is 0 Å². The molecule has 96 valence electrons. The molecule has 1 aromatic carbocycles. The quantitative estimate of drug-likeness (QED) is 0.864. The van der Waals surface area contributed by atoms with Gasteiger partial charge in [-0.2, -0.15) is 0 Å². The smallest absolute Gasteiger partial charge is 0.260 e. The Labute approximate surface area is 99.7 Å². The first-order chi connectivity index (χ1) is 7.99. The summed E-state index contributed by atoms with van der Waals surface area (Å²) in [7, 11) is 4.45. The predicted octanol–water partition coefficient (Wildman–Crippen LogP) is 2.40. The van der Waals surface area contributed by atoms with Gasteiger partial charge in [0.2, 0.25) is 0 Å². The molecule has 0 radical (unpaired) electrons. The van der Waals surface area contributed by atoms with E-state index in [1.165, 1.54) is 28.2 Å². The van der Waals surface area contributed by atoms with Crippen molar-refractivity contribution in [3.63, 3.8) is 0 Å². The molecule has 1 unspecified atom stereocenters. The van der Waals surface area contributed by atoms with Crippen LogP contribution >= 0.6 is 0 Å². The number of hydrogen-bond donors (Lipinski definition) is 1. The minimum atomic E-state index is -2.55. The Balaban J connectivity index is 3.29. The van der Waals surface area contributed by atoms with E-state index in [2.05, 4.69) is 5.32 Å². The van der Waals surface area contributed by atoms with Gasteiger partial charge in [-0.3, -0.25) is 0 Å². The molecular weight excluding hydrogens is 228 g/mol. The molecule has 0 spiro atoms. The summed E-state index contributed by atoms with van der Waals surface area (Å²) in [6.45, 7) is 1.43. The van der Waals surface area contributed by atoms with Crippen LogP contribution in [0.4, 0.5) is 8.78 Å². The Morgan fingerprint density at radius 3 is 2.29 bits per heavy atom. The van der Waals surface area contributed by atoms with E-state index in [1.807, 2.05) is 0 Å². The van der Waals surface area contributed by atoms with Gasteiger partial charge < -0.3 is 14.8 Å². The van der Waals surface area contributed by atoms with Gasteiger partial charge in [0.15, 0.2) is 0 Å². The number of nitrogens with one attached hydrogen (secondary N) is 1. The molecule has 0 bridgehead atoms. The van der Waals surface area contributed by atoms with Crippen LogP contribution in [0, 0.1) is 0 Å². The first-order valence-electron chi connectivity index (χ1n) is 5.19. The summed E-state index contributed by atoms with van der Waals surface area (Å²) in [6, 6.07) is 4.81. The van der Waals surface area contributed by atoms with Crippen LogP contribution in [-0.2, 0) is 5.54 Å². The van der Waals surface area contributed by atoms with Crippen molar-refractivity contribution < 1.29 is 18.3 Å². The fourth-order valence-corrected chi connectivity index (χ4v) is 1.59. The number of rotatable bonds is 5. The molecule has 1 N–H and O–H groups in total. The molecular formula is C12H17F2NO2. The highest BCUT2D eigenvalue weighted by molar-refractivity contribution is 5.44. The SMILES string of the molecule is CNC(C)(c1ccc(OC)cc1OC)C(F)F. The Morgan fingerprint density at radius 2 is 1.88 bits per heavy atom. The number of halogens is 2. The number of hydrogen-bond acceptors (Lipinski definition) is 3. The van der Waals surface area contributed by atoms with Crippen molar-refractivity contribution in [1.29, 1.82) is 0 Å². The summed E-state index contributed by atoms with van der Waals surface area (Å²) < 4.78 is 36.4. The average molecular weight is 245 g/mol.